The van der Waals surface area contributed by atoms with Crippen LogP contribution >= 0.6 is 15.9 Å². The predicted octanol–water partition coefficient (Wildman–Crippen LogP) is 1.33. The first-order chi connectivity index (χ1) is 7.60. The number of halogens is 1. The molecule has 1 aromatic rings. The van der Waals surface area contributed by atoms with Crippen molar-refractivity contribution >= 4 is 27.5 Å². The average Bonchev–Trinajstić information content (AvgIpc) is 2.25. The van der Waals surface area contributed by atoms with E-state index < -0.39 is 5.91 Å². The topological polar surface area (TPSA) is 72.3 Å². The molecule has 0 saturated heterocycles. The van der Waals surface area contributed by atoms with E-state index in [9.17, 15) is 4.79 Å². The van der Waals surface area contributed by atoms with Gasteiger partial charge in [0.15, 0.2) is 0 Å². The van der Waals surface area contributed by atoms with Crippen molar-refractivity contribution in [2.45, 2.75) is 6.92 Å². The summed E-state index contributed by atoms with van der Waals surface area (Å²) < 4.78 is 0.716. The Balaban J connectivity index is 2.99. The third kappa shape index (κ3) is 2.96. The van der Waals surface area contributed by atoms with Crippen LogP contribution in [-0.2, 0) is 0 Å². The van der Waals surface area contributed by atoms with Crippen LogP contribution < -0.4 is 16.4 Å². The van der Waals surface area contributed by atoms with Gasteiger partial charge in [0.1, 0.15) is 0 Å². The van der Waals surface area contributed by atoms with E-state index in [-0.39, 0.29) is 0 Å². The van der Waals surface area contributed by atoms with Gasteiger partial charge in [0.05, 0.1) is 5.56 Å². The van der Waals surface area contributed by atoms with Gasteiger partial charge in [0.2, 0.25) is 5.91 Å². The average molecular weight is 286 g/mol. The second kappa shape index (κ2) is 5.86. The first-order valence-corrected chi connectivity index (χ1v) is 5.93. The van der Waals surface area contributed by atoms with Gasteiger partial charge in [-0.15, -0.1) is 0 Å². The second-order valence-corrected chi connectivity index (χ2v) is 4.25. The molecule has 0 heterocycles. The molecular formula is C11H16BrN3O. The van der Waals surface area contributed by atoms with Crippen LogP contribution in [0.25, 0.3) is 0 Å². The summed E-state index contributed by atoms with van der Waals surface area (Å²) in [6, 6.07) is 5.49. The maximum Gasteiger partial charge on any atom is 0.249 e. The molecule has 0 bridgehead atoms. The van der Waals surface area contributed by atoms with E-state index in [1.807, 2.05) is 12.1 Å². The van der Waals surface area contributed by atoms with Gasteiger partial charge in [0, 0.05) is 29.8 Å². The van der Waals surface area contributed by atoms with Crippen molar-refractivity contribution in [3.05, 3.63) is 28.2 Å². The van der Waals surface area contributed by atoms with Gasteiger partial charge < -0.3 is 16.4 Å². The monoisotopic (exact) mass is 285 g/mol. The first kappa shape index (κ1) is 13.0. The van der Waals surface area contributed by atoms with Crippen LogP contribution in [0.2, 0.25) is 0 Å². The molecule has 0 atom stereocenters. The molecule has 16 heavy (non-hydrogen) atoms. The zero-order valence-corrected chi connectivity index (χ0v) is 10.8. The molecule has 0 radical (unpaired) electrons. The van der Waals surface area contributed by atoms with Crippen LogP contribution in [0.15, 0.2) is 22.7 Å². The standard InChI is InChI=1S/C11H16BrN3O/c1-2-15(6-5-13)8-3-4-9(11(14)16)10(12)7-8/h3-4,7H,2,5-6,13H2,1H3,(H2,14,16). The summed E-state index contributed by atoms with van der Waals surface area (Å²) in [6.45, 7) is 4.33. The van der Waals surface area contributed by atoms with Crippen molar-refractivity contribution in [2.24, 2.45) is 11.5 Å². The molecule has 0 aliphatic rings. The minimum atomic E-state index is -0.430. The minimum absolute atomic E-state index is 0.430. The van der Waals surface area contributed by atoms with Crippen molar-refractivity contribution in [3.63, 3.8) is 0 Å². The number of rotatable bonds is 5. The Kier molecular flexibility index (Phi) is 4.76. The van der Waals surface area contributed by atoms with Gasteiger partial charge in [-0.1, -0.05) is 0 Å². The van der Waals surface area contributed by atoms with E-state index >= 15 is 0 Å². The third-order valence-electron chi connectivity index (χ3n) is 2.36. The van der Waals surface area contributed by atoms with Crippen LogP contribution in [0.5, 0.6) is 0 Å². The van der Waals surface area contributed by atoms with Crippen molar-refractivity contribution in [1.82, 2.24) is 0 Å². The molecule has 0 aliphatic carbocycles. The van der Waals surface area contributed by atoms with Crippen LogP contribution in [-0.4, -0.2) is 25.5 Å². The van der Waals surface area contributed by atoms with E-state index in [2.05, 4.69) is 27.8 Å². The molecule has 1 rings (SSSR count). The lowest BCUT2D eigenvalue weighted by Gasteiger charge is -2.22. The number of nitrogens with two attached hydrogens (primary N) is 2. The largest absolute Gasteiger partial charge is 0.371 e. The van der Waals surface area contributed by atoms with Gasteiger partial charge in [-0.05, 0) is 41.1 Å². The highest BCUT2D eigenvalue weighted by Crippen LogP contribution is 2.23. The molecule has 0 spiro atoms. The Labute approximate surface area is 104 Å². The quantitative estimate of drug-likeness (QED) is 0.857. The Morgan fingerprint density at radius 1 is 1.50 bits per heavy atom. The third-order valence-corrected chi connectivity index (χ3v) is 3.02. The molecule has 88 valence electrons. The lowest BCUT2D eigenvalue weighted by Crippen LogP contribution is -2.29. The van der Waals surface area contributed by atoms with Crippen LogP contribution in [0.4, 0.5) is 5.69 Å². The molecule has 4 N–H and O–H groups in total. The number of primary amides is 1. The lowest BCUT2D eigenvalue weighted by molar-refractivity contribution is 0.0999. The molecule has 0 aromatic heterocycles. The fraction of sp³-hybridized carbons (Fsp3) is 0.364. The fourth-order valence-electron chi connectivity index (χ4n) is 1.53. The molecule has 1 amide bonds. The Hall–Kier alpha value is -1.07. The van der Waals surface area contributed by atoms with Crippen LogP contribution in [0, 0.1) is 0 Å². The predicted molar refractivity (Wildman–Crippen MR) is 69.6 cm³/mol. The number of hydrogen-bond acceptors (Lipinski definition) is 3. The SMILES string of the molecule is CCN(CCN)c1ccc(C(N)=O)c(Br)c1. The Morgan fingerprint density at radius 2 is 2.19 bits per heavy atom. The number of anilines is 1. The van der Waals surface area contributed by atoms with Crippen molar-refractivity contribution < 1.29 is 4.79 Å². The van der Waals surface area contributed by atoms with Gasteiger partial charge >= 0.3 is 0 Å². The van der Waals surface area contributed by atoms with E-state index in [0.717, 1.165) is 18.8 Å². The number of likely N-dealkylation sites (N-methyl/N-ethyl adjacent to an activating group) is 1. The van der Waals surface area contributed by atoms with Gasteiger partial charge in [-0.3, -0.25) is 4.79 Å². The molecule has 4 nitrogen and oxygen atoms in total. The van der Waals surface area contributed by atoms with E-state index in [4.69, 9.17) is 11.5 Å². The van der Waals surface area contributed by atoms with Crippen molar-refractivity contribution in [3.8, 4) is 0 Å². The second-order valence-electron chi connectivity index (χ2n) is 3.40. The lowest BCUT2D eigenvalue weighted by atomic mass is 10.2. The summed E-state index contributed by atoms with van der Waals surface area (Å²) in [4.78, 5) is 13.2. The molecule has 0 unspecified atom stereocenters. The molecule has 0 aliphatic heterocycles. The van der Waals surface area contributed by atoms with E-state index in [1.165, 1.54) is 0 Å². The molecular weight excluding hydrogens is 270 g/mol. The Morgan fingerprint density at radius 3 is 2.62 bits per heavy atom. The number of carbonyl (C=O) groups excluding carboxylic acids is 1. The summed E-state index contributed by atoms with van der Waals surface area (Å²) in [5.41, 5.74) is 12.3. The molecule has 1 aromatic carbocycles. The summed E-state index contributed by atoms with van der Waals surface area (Å²) in [7, 11) is 0. The highest BCUT2D eigenvalue weighted by atomic mass is 79.9. The maximum atomic E-state index is 11.1. The Bertz CT molecular complexity index is 381. The van der Waals surface area contributed by atoms with Crippen molar-refractivity contribution in [2.75, 3.05) is 24.5 Å². The van der Waals surface area contributed by atoms with Crippen LogP contribution in [0.1, 0.15) is 17.3 Å². The van der Waals surface area contributed by atoms with Crippen molar-refractivity contribution in [1.29, 1.82) is 0 Å². The maximum absolute atomic E-state index is 11.1. The smallest absolute Gasteiger partial charge is 0.249 e. The first-order valence-electron chi connectivity index (χ1n) is 5.14. The van der Waals surface area contributed by atoms with Gasteiger partial charge in [-0.2, -0.15) is 0 Å². The zero-order chi connectivity index (χ0) is 12.1. The minimum Gasteiger partial charge on any atom is -0.371 e. The van der Waals surface area contributed by atoms with Gasteiger partial charge in [-0.25, -0.2) is 0 Å². The van der Waals surface area contributed by atoms with E-state index in [1.54, 1.807) is 6.07 Å². The highest BCUT2D eigenvalue weighted by Gasteiger charge is 2.09. The summed E-state index contributed by atoms with van der Waals surface area (Å²) in [5, 5.41) is 0. The van der Waals surface area contributed by atoms with Gasteiger partial charge in [0.25, 0.3) is 0 Å². The zero-order valence-electron chi connectivity index (χ0n) is 9.24. The van der Waals surface area contributed by atoms with Crippen LogP contribution in [0.3, 0.4) is 0 Å². The molecule has 0 saturated carbocycles. The molecule has 5 heteroatoms. The summed E-state index contributed by atoms with van der Waals surface area (Å²) in [5.74, 6) is -0.430. The molecule has 0 fully saturated rings. The number of carbonyl (C=O) groups is 1. The number of amides is 1. The summed E-state index contributed by atoms with van der Waals surface area (Å²) in [6.07, 6.45) is 0. The highest BCUT2D eigenvalue weighted by molar-refractivity contribution is 9.10. The number of hydrogen-bond donors (Lipinski definition) is 2. The normalized spacial score (nSPS) is 10.2. The number of nitrogens with zero attached hydrogens (tertiary/aromatic N) is 1. The number of benzene rings is 1. The van der Waals surface area contributed by atoms with E-state index in [0.29, 0.717) is 16.6 Å². The summed E-state index contributed by atoms with van der Waals surface area (Å²) >= 11 is 3.34. The fourth-order valence-corrected chi connectivity index (χ4v) is 2.09.